The van der Waals surface area contributed by atoms with Crippen molar-refractivity contribution < 1.29 is 18.7 Å². The van der Waals surface area contributed by atoms with Gasteiger partial charge in [-0.2, -0.15) is 0 Å². The van der Waals surface area contributed by atoms with Gasteiger partial charge in [0.1, 0.15) is 18.1 Å². The van der Waals surface area contributed by atoms with Gasteiger partial charge in [-0.25, -0.2) is 4.39 Å². The summed E-state index contributed by atoms with van der Waals surface area (Å²) in [4.78, 5) is 31.6. The molecule has 0 aliphatic carbocycles. The first-order chi connectivity index (χ1) is 16.4. The van der Waals surface area contributed by atoms with Gasteiger partial charge < -0.3 is 14.5 Å². The molecule has 2 amide bonds. The number of methoxy groups -OCH3 is 1. The van der Waals surface area contributed by atoms with Gasteiger partial charge in [0.25, 0.3) is 5.91 Å². The minimum atomic E-state index is -0.578. The molecule has 0 bridgehead atoms. The maximum absolute atomic E-state index is 14.4. The summed E-state index contributed by atoms with van der Waals surface area (Å²) < 4.78 is 19.7. The minimum Gasteiger partial charge on any atom is -0.497 e. The maximum Gasteiger partial charge on any atom is 0.257 e. The third-order valence-corrected chi connectivity index (χ3v) is 7.51. The molecule has 0 saturated carbocycles. The molecule has 2 unspecified atom stereocenters. The van der Waals surface area contributed by atoms with Crippen LogP contribution in [0.3, 0.4) is 0 Å². The molecule has 3 aromatic rings. The van der Waals surface area contributed by atoms with Crippen LogP contribution in [0.2, 0.25) is 0 Å². The summed E-state index contributed by atoms with van der Waals surface area (Å²) in [6, 6.07) is 15.3. The van der Waals surface area contributed by atoms with Crippen molar-refractivity contribution in [3.8, 4) is 5.75 Å². The summed E-state index contributed by atoms with van der Waals surface area (Å²) in [5.74, 6) is -0.440. The normalized spacial score (nSPS) is 16.0. The van der Waals surface area contributed by atoms with E-state index in [1.807, 2.05) is 43.0 Å². The Bertz CT molecular complexity index is 1160. The van der Waals surface area contributed by atoms with E-state index in [-0.39, 0.29) is 30.1 Å². The van der Waals surface area contributed by atoms with Gasteiger partial charge in [-0.3, -0.25) is 9.59 Å². The molecule has 0 saturated heterocycles. The van der Waals surface area contributed by atoms with Crippen molar-refractivity contribution in [2.24, 2.45) is 0 Å². The zero-order valence-electron chi connectivity index (χ0n) is 19.7. The van der Waals surface area contributed by atoms with Gasteiger partial charge in [0.2, 0.25) is 5.91 Å². The first-order valence-electron chi connectivity index (χ1n) is 11.5. The molecule has 1 aromatic heterocycles. The number of hydrogen-bond donors (Lipinski definition) is 0. The summed E-state index contributed by atoms with van der Waals surface area (Å²) in [6.07, 6.45) is 1.43. The Labute approximate surface area is 203 Å². The van der Waals surface area contributed by atoms with E-state index >= 15 is 0 Å². The minimum absolute atomic E-state index is 0.0129. The molecule has 178 valence electrons. The molecule has 1 aliphatic rings. The first kappa shape index (κ1) is 24.0. The standard InChI is InChI=1S/C27H29FN2O3S/c1-4-18(2)30(27(32)21-7-5-6-8-23(21)28)17-25(31)29-15-13-24-22(14-16-34-24)26(29)19-9-11-20(33-3)12-10-19/h5-12,14,16,18,26H,4,13,15,17H2,1-3H3. The van der Waals surface area contributed by atoms with E-state index in [1.54, 1.807) is 30.6 Å². The summed E-state index contributed by atoms with van der Waals surface area (Å²) in [6.45, 7) is 4.30. The van der Waals surface area contributed by atoms with Gasteiger partial charge in [0.15, 0.2) is 0 Å². The summed E-state index contributed by atoms with van der Waals surface area (Å²) in [5, 5.41) is 2.06. The van der Waals surface area contributed by atoms with Crippen LogP contribution in [0.4, 0.5) is 4.39 Å². The maximum atomic E-state index is 14.4. The summed E-state index contributed by atoms with van der Waals surface area (Å²) in [7, 11) is 1.62. The fourth-order valence-electron chi connectivity index (χ4n) is 4.40. The van der Waals surface area contributed by atoms with E-state index in [4.69, 9.17) is 4.74 Å². The van der Waals surface area contributed by atoms with Crippen molar-refractivity contribution in [2.45, 2.75) is 38.8 Å². The largest absolute Gasteiger partial charge is 0.497 e. The quantitative estimate of drug-likeness (QED) is 0.460. The Kier molecular flexibility index (Phi) is 7.32. The SMILES string of the molecule is CCC(C)N(CC(=O)N1CCc2sccc2C1c1ccc(OC)cc1)C(=O)c1ccccc1F. The van der Waals surface area contributed by atoms with Gasteiger partial charge in [-0.15, -0.1) is 11.3 Å². The lowest BCUT2D eigenvalue weighted by atomic mass is 9.93. The molecule has 7 heteroatoms. The topological polar surface area (TPSA) is 49.9 Å². The van der Waals surface area contributed by atoms with Crippen LogP contribution >= 0.6 is 11.3 Å². The van der Waals surface area contributed by atoms with E-state index in [2.05, 4.69) is 11.4 Å². The second kappa shape index (κ2) is 10.4. The molecule has 34 heavy (non-hydrogen) atoms. The van der Waals surface area contributed by atoms with Crippen LogP contribution < -0.4 is 4.74 Å². The number of hydrogen-bond acceptors (Lipinski definition) is 4. The second-order valence-electron chi connectivity index (χ2n) is 8.48. The molecule has 2 heterocycles. The smallest absolute Gasteiger partial charge is 0.257 e. The number of rotatable bonds is 7. The van der Waals surface area contributed by atoms with Crippen molar-refractivity contribution in [2.75, 3.05) is 20.2 Å². The molecular formula is C27H29FN2O3S. The Morgan fingerprint density at radius 2 is 1.91 bits per heavy atom. The molecule has 0 N–H and O–H groups in total. The van der Waals surface area contributed by atoms with Crippen LogP contribution in [0.5, 0.6) is 5.75 Å². The summed E-state index contributed by atoms with van der Waals surface area (Å²) >= 11 is 1.70. The Hall–Kier alpha value is -3.19. The van der Waals surface area contributed by atoms with Gasteiger partial charge in [-0.05, 0) is 66.6 Å². The van der Waals surface area contributed by atoms with Crippen LogP contribution in [0, 0.1) is 5.82 Å². The van der Waals surface area contributed by atoms with E-state index in [9.17, 15) is 14.0 Å². The Balaban J connectivity index is 1.64. The van der Waals surface area contributed by atoms with Crippen molar-refractivity contribution in [1.82, 2.24) is 9.80 Å². The lowest BCUT2D eigenvalue weighted by molar-refractivity contribution is -0.134. The van der Waals surface area contributed by atoms with E-state index in [0.717, 1.165) is 23.3 Å². The monoisotopic (exact) mass is 480 g/mol. The fraction of sp³-hybridized carbons (Fsp3) is 0.333. The number of thiophene rings is 1. The van der Waals surface area contributed by atoms with Gasteiger partial charge in [-0.1, -0.05) is 31.2 Å². The molecule has 4 rings (SSSR count). The Morgan fingerprint density at radius 1 is 1.18 bits per heavy atom. The van der Waals surface area contributed by atoms with Gasteiger partial charge in [0.05, 0.1) is 18.7 Å². The average Bonchev–Trinajstić information content (AvgIpc) is 3.35. The highest BCUT2D eigenvalue weighted by atomic mass is 32.1. The van der Waals surface area contributed by atoms with E-state index in [0.29, 0.717) is 13.0 Å². The Morgan fingerprint density at radius 3 is 2.59 bits per heavy atom. The molecular weight excluding hydrogens is 451 g/mol. The number of halogens is 1. The fourth-order valence-corrected chi connectivity index (χ4v) is 5.31. The highest BCUT2D eigenvalue weighted by Gasteiger charge is 2.35. The van der Waals surface area contributed by atoms with E-state index in [1.165, 1.54) is 21.9 Å². The molecule has 2 aromatic carbocycles. The third kappa shape index (κ3) is 4.71. The highest BCUT2D eigenvalue weighted by molar-refractivity contribution is 7.10. The summed E-state index contributed by atoms with van der Waals surface area (Å²) in [5.41, 5.74) is 2.09. The van der Waals surface area contributed by atoms with Crippen LogP contribution in [0.1, 0.15) is 52.7 Å². The first-order valence-corrected chi connectivity index (χ1v) is 12.4. The number of carbonyl (C=O) groups excluding carboxylic acids is 2. The van der Waals surface area contributed by atoms with Crippen LogP contribution in [-0.2, 0) is 11.2 Å². The molecule has 2 atom stereocenters. The zero-order chi connectivity index (χ0) is 24.2. The number of benzene rings is 2. The highest BCUT2D eigenvalue weighted by Crippen LogP contribution is 2.38. The van der Waals surface area contributed by atoms with Gasteiger partial charge in [0, 0.05) is 17.5 Å². The number of nitrogens with zero attached hydrogens (tertiary/aromatic N) is 2. The molecule has 1 aliphatic heterocycles. The lowest BCUT2D eigenvalue weighted by Crippen LogP contribution is -2.49. The van der Waals surface area contributed by atoms with Crippen molar-refractivity contribution in [3.05, 3.63) is 87.4 Å². The predicted molar refractivity (Wildman–Crippen MR) is 132 cm³/mol. The van der Waals surface area contributed by atoms with Crippen molar-refractivity contribution in [3.63, 3.8) is 0 Å². The average molecular weight is 481 g/mol. The van der Waals surface area contributed by atoms with Crippen LogP contribution in [0.15, 0.2) is 60.0 Å². The van der Waals surface area contributed by atoms with Crippen molar-refractivity contribution >= 4 is 23.2 Å². The molecule has 0 radical (unpaired) electrons. The van der Waals surface area contributed by atoms with E-state index < -0.39 is 11.7 Å². The lowest BCUT2D eigenvalue weighted by Gasteiger charge is -2.38. The predicted octanol–water partition coefficient (Wildman–Crippen LogP) is 5.31. The second-order valence-corrected chi connectivity index (χ2v) is 9.48. The van der Waals surface area contributed by atoms with Crippen molar-refractivity contribution in [1.29, 1.82) is 0 Å². The third-order valence-electron chi connectivity index (χ3n) is 6.51. The number of amides is 2. The zero-order valence-corrected chi connectivity index (χ0v) is 20.5. The molecule has 5 nitrogen and oxygen atoms in total. The number of ether oxygens (including phenoxy) is 1. The molecule has 0 spiro atoms. The van der Waals surface area contributed by atoms with Gasteiger partial charge >= 0.3 is 0 Å². The van der Waals surface area contributed by atoms with Crippen LogP contribution in [-0.4, -0.2) is 47.9 Å². The number of fused-ring (bicyclic) bond motifs is 1. The molecule has 0 fully saturated rings. The number of carbonyl (C=O) groups is 2. The van der Waals surface area contributed by atoms with Crippen LogP contribution in [0.25, 0.3) is 0 Å².